The number of benzene rings is 2. The number of rotatable bonds is 10. The molecule has 2 aromatic carbocycles. The Morgan fingerprint density at radius 3 is 2.67 bits per heavy atom. The lowest BCUT2D eigenvalue weighted by molar-refractivity contribution is 0.0948. The minimum atomic E-state index is -0.520. The van der Waals surface area contributed by atoms with Gasteiger partial charge in [-0.15, -0.1) is 5.10 Å². The SMILES string of the molecule is CCCc1c(C(=O)N/N=C(/C)c2ccc(OCc3ccccc3)c(OC)c2)nnn1-c1nonc1N. The molecule has 0 aliphatic carbocycles. The lowest BCUT2D eigenvalue weighted by atomic mass is 10.1. The molecule has 0 atom stereocenters. The third-order valence-corrected chi connectivity index (χ3v) is 5.30. The summed E-state index contributed by atoms with van der Waals surface area (Å²) in [5.41, 5.74) is 11.3. The van der Waals surface area contributed by atoms with Crippen LogP contribution in [-0.4, -0.2) is 44.0 Å². The average molecular weight is 491 g/mol. The van der Waals surface area contributed by atoms with Crippen LogP contribution >= 0.6 is 0 Å². The minimum Gasteiger partial charge on any atom is -0.493 e. The summed E-state index contributed by atoms with van der Waals surface area (Å²) in [6, 6.07) is 15.3. The summed E-state index contributed by atoms with van der Waals surface area (Å²) < 4.78 is 17.4. The number of nitrogens with two attached hydrogens (primary N) is 1. The number of aromatic nitrogens is 5. The third-order valence-electron chi connectivity index (χ3n) is 5.30. The lowest BCUT2D eigenvalue weighted by Gasteiger charge is -2.12. The first-order valence-electron chi connectivity index (χ1n) is 11.2. The van der Waals surface area contributed by atoms with Crippen molar-refractivity contribution in [3.05, 3.63) is 71.0 Å². The number of carbonyl (C=O) groups excluding carboxylic acids is 1. The first-order valence-corrected chi connectivity index (χ1v) is 11.2. The van der Waals surface area contributed by atoms with E-state index in [1.165, 1.54) is 4.68 Å². The zero-order valence-corrected chi connectivity index (χ0v) is 20.1. The predicted octanol–water partition coefficient (Wildman–Crippen LogP) is 2.93. The van der Waals surface area contributed by atoms with Crippen LogP contribution in [0, 0.1) is 0 Å². The van der Waals surface area contributed by atoms with Crippen molar-refractivity contribution in [2.24, 2.45) is 5.10 Å². The molecule has 1 amide bonds. The highest BCUT2D eigenvalue weighted by atomic mass is 16.6. The molecule has 2 heterocycles. The van der Waals surface area contributed by atoms with Crippen molar-refractivity contribution < 1.29 is 18.9 Å². The lowest BCUT2D eigenvalue weighted by Crippen LogP contribution is -2.21. The number of carbonyl (C=O) groups is 1. The molecule has 4 rings (SSSR count). The number of anilines is 1. The van der Waals surface area contributed by atoms with Crippen LogP contribution in [0.15, 0.2) is 58.3 Å². The second-order valence-electron chi connectivity index (χ2n) is 7.80. The molecule has 0 aliphatic heterocycles. The summed E-state index contributed by atoms with van der Waals surface area (Å²) in [5.74, 6) is 0.851. The molecular weight excluding hydrogens is 464 g/mol. The van der Waals surface area contributed by atoms with Gasteiger partial charge in [-0.1, -0.05) is 48.9 Å². The van der Waals surface area contributed by atoms with Gasteiger partial charge in [0.2, 0.25) is 11.6 Å². The highest BCUT2D eigenvalue weighted by Crippen LogP contribution is 2.29. The van der Waals surface area contributed by atoms with E-state index < -0.39 is 5.91 Å². The van der Waals surface area contributed by atoms with Gasteiger partial charge in [0, 0.05) is 5.56 Å². The number of nitrogens with zero attached hydrogens (tertiary/aromatic N) is 6. The van der Waals surface area contributed by atoms with E-state index >= 15 is 0 Å². The Morgan fingerprint density at radius 2 is 1.97 bits per heavy atom. The maximum atomic E-state index is 12.9. The van der Waals surface area contributed by atoms with Gasteiger partial charge < -0.3 is 15.2 Å². The monoisotopic (exact) mass is 490 g/mol. The summed E-state index contributed by atoms with van der Waals surface area (Å²) in [6.07, 6.45) is 1.24. The molecule has 3 N–H and O–H groups in total. The second-order valence-corrected chi connectivity index (χ2v) is 7.80. The minimum absolute atomic E-state index is 0.0446. The number of nitrogen functional groups attached to an aromatic ring is 1. The fourth-order valence-electron chi connectivity index (χ4n) is 3.45. The maximum Gasteiger partial charge on any atom is 0.293 e. The molecule has 186 valence electrons. The molecule has 0 aliphatic rings. The molecule has 12 nitrogen and oxygen atoms in total. The highest BCUT2D eigenvalue weighted by Gasteiger charge is 2.23. The van der Waals surface area contributed by atoms with E-state index in [0.717, 1.165) is 17.5 Å². The van der Waals surface area contributed by atoms with Gasteiger partial charge in [0.05, 0.1) is 18.5 Å². The van der Waals surface area contributed by atoms with Crippen molar-refractivity contribution in [3.8, 4) is 17.3 Å². The van der Waals surface area contributed by atoms with Crippen molar-refractivity contribution in [1.29, 1.82) is 0 Å². The molecule has 0 radical (unpaired) electrons. The molecular formula is C24H26N8O4. The van der Waals surface area contributed by atoms with Crippen LogP contribution < -0.4 is 20.6 Å². The number of ether oxygens (including phenoxy) is 2. The van der Waals surface area contributed by atoms with E-state index in [0.29, 0.717) is 35.9 Å². The van der Waals surface area contributed by atoms with Crippen LogP contribution in [0.5, 0.6) is 11.5 Å². The van der Waals surface area contributed by atoms with Crippen LogP contribution in [-0.2, 0) is 13.0 Å². The first-order chi connectivity index (χ1) is 17.5. The smallest absolute Gasteiger partial charge is 0.293 e. The molecule has 0 bridgehead atoms. The molecule has 4 aromatic rings. The Labute approximate surface area is 207 Å². The largest absolute Gasteiger partial charge is 0.493 e. The zero-order chi connectivity index (χ0) is 25.5. The third kappa shape index (κ3) is 5.32. The van der Waals surface area contributed by atoms with Crippen LogP contribution in [0.25, 0.3) is 5.82 Å². The van der Waals surface area contributed by atoms with Crippen LogP contribution in [0.3, 0.4) is 0 Å². The molecule has 36 heavy (non-hydrogen) atoms. The van der Waals surface area contributed by atoms with Crippen LogP contribution in [0.2, 0.25) is 0 Å². The molecule has 0 unspecified atom stereocenters. The number of hydrogen-bond donors (Lipinski definition) is 2. The summed E-state index contributed by atoms with van der Waals surface area (Å²) in [7, 11) is 1.57. The van der Waals surface area contributed by atoms with Crippen molar-refractivity contribution in [2.45, 2.75) is 33.3 Å². The normalized spacial score (nSPS) is 11.4. The Morgan fingerprint density at radius 1 is 1.17 bits per heavy atom. The Balaban J connectivity index is 1.49. The molecule has 0 fully saturated rings. The highest BCUT2D eigenvalue weighted by molar-refractivity contribution is 6.01. The molecule has 0 saturated heterocycles. The fraction of sp³-hybridized carbons (Fsp3) is 0.250. The standard InChI is InChI=1S/C24H26N8O4/c1-4-8-18-21(27-31-32(18)23-22(25)29-36-30-23)24(33)28-26-15(2)17-11-12-19(20(13-17)34-3)35-14-16-9-6-5-7-10-16/h5-7,9-13H,4,8,14H2,1-3H3,(H2,25,29)(H,28,33)/b26-15-. The second kappa shape index (κ2) is 11.1. The van der Waals surface area contributed by atoms with Gasteiger partial charge in [0.15, 0.2) is 17.2 Å². The predicted molar refractivity (Wildman–Crippen MR) is 131 cm³/mol. The molecule has 0 spiro atoms. The van der Waals surface area contributed by atoms with Gasteiger partial charge in [-0.2, -0.15) is 9.78 Å². The van der Waals surface area contributed by atoms with Crippen molar-refractivity contribution in [3.63, 3.8) is 0 Å². The number of nitrogens with one attached hydrogen (secondary N) is 1. The van der Waals surface area contributed by atoms with E-state index in [1.54, 1.807) is 26.2 Å². The molecule has 0 saturated carbocycles. The number of methoxy groups -OCH3 is 1. The van der Waals surface area contributed by atoms with Crippen molar-refractivity contribution in [2.75, 3.05) is 12.8 Å². The molecule has 2 aromatic heterocycles. The summed E-state index contributed by atoms with van der Waals surface area (Å²) in [4.78, 5) is 12.9. The van der Waals surface area contributed by atoms with Crippen molar-refractivity contribution >= 4 is 17.4 Å². The van der Waals surface area contributed by atoms with Crippen LogP contribution in [0.4, 0.5) is 5.82 Å². The van der Waals surface area contributed by atoms with Gasteiger partial charge in [0.1, 0.15) is 6.61 Å². The van der Waals surface area contributed by atoms with Gasteiger partial charge in [-0.25, -0.2) is 10.1 Å². The van der Waals surface area contributed by atoms with E-state index in [4.69, 9.17) is 15.2 Å². The van der Waals surface area contributed by atoms with E-state index in [-0.39, 0.29) is 17.3 Å². The van der Waals surface area contributed by atoms with E-state index in [2.05, 4.69) is 35.8 Å². The van der Waals surface area contributed by atoms with Gasteiger partial charge >= 0.3 is 0 Å². The maximum absolute atomic E-state index is 12.9. The summed E-state index contributed by atoms with van der Waals surface area (Å²) in [5, 5.41) is 19.5. The number of amides is 1. The fourth-order valence-corrected chi connectivity index (χ4v) is 3.45. The van der Waals surface area contributed by atoms with Gasteiger partial charge in [0.25, 0.3) is 5.91 Å². The number of hydrogen-bond acceptors (Lipinski definition) is 10. The van der Waals surface area contributed by atoms with E-state index in [9.17, 15) is 4.79 Å². The Hall–Kier alpha value is -4.74. The Kier molecular flexibility index (Phi) is 7.54. The van der Waals surface area contributed by atoms with Crippen LogP contribution in [0.1, 0.15) is 47.6 Å². The van der Waals surface area contributed by atoms with E-state index in [1.807, 2.05) is 43.3 Å². The first kappa shape index (κ1) is 24.4. The summed E-state index contributed by atoms with van der Waals surface area (Å²) in [6.45, 7) is 4.15. The Bertz CT molecular complexity index is 1360. The number of hydrazone groups is 1. The van der Waals surface area contributed by atoms with Gasteiger partial charge in [-0.05, 0) is 47.4 Å². The average Bonchev–Trinajstić information content (AvgIpc) is 3.52. The van der Waals surface area contributed by atoms with Crippen molar-refractivity contribution in [1.82, 2.24) is 30.7 Å². The quantitative estimate of drug-likeness (QED) is 0.252. The zero-order valence-electron chi connectivity index (χ0n) is 20.1. The summed E-state index contributed by atoms with van der Waals surface area (Å²) >= 11 is 0. The van der Waals surface area contributed by atoms with Gasteiger partial charge in [-0.3, -0.25) is 4.79 Å². The molecule has 12 heteroatoms. The topological polar surface area (TPSA) is 156 Å².